The fraction of sp³-hybridized carbons (Fsp3) is 0.500. The minimum absolute atomic E-state index is 0.0877. The SMILES string of the molecule is CCCC(C)(N)C(=O)NCc1ccc(OC(F)F)cc1. The third kappa shape index (κ3) is 5.13. The van der Waals surface area contributed by atoms with Gasteiger partial charge < -0.3 is 15.8 Å². The molecule has 1 atom stereocenters. The molecule has 0 saturated carbocycles. The zero-order valence-corrected chi connectivity index (χ0v) is 11.7. The molecule has 3 N–H and O–H groups in total. The maximum Gasteiger partial charge on any atom is 0.387 e. The second kappa shape index (κ2) is 7.19. The summed E-state index contributed by atoms with van der Waals surface area (Å²) in [5.41, 5.74) is 5.79. The fourth-order valence-corrected chi connectivity index (χ4v) is 1.81. The van der Waals surface area contributed by atoms with E-state index in [2.05, 4.69) is 10.1 Å². The van der Waals surface area contributed by atoms with Gasteiger partial charge in [-0.2, -0.15) is 8.78 Å². The van der Waals surface area contributed by atoms with Gasteiger partial charge in [0, 0.05) is 6.54 Å². The zero-order chi connectivity index (χ0) is 15.2. The van der Waals surface area contributed by atoms with Crippen LogP contribution in [-0.4, -0.2) is 18.1 Å². The van der Waals surface area contributed by atoms with Gasteiger partial charge in [0.15, 0.2) is 0 Å². The molecule has 0 aliphatic rings. The summed E-state index contributed by atoms with van der Waals surface area (Å²) >= 11 is 0. The number of halogens is 2. The first kappa shape index (κ1) is 16.4. The first-order valence-corrected chi connectivity index (χ1v) is 6.46. The minimum Gasteiger partial charge on any atom is -0.435 e. The third-order valence-electron chi connectivity index (χ3n) is 2.89. The van der Waals surface area contributed by atoms with Crippen LogP contribution in [0.25, 0.3) is 0 Å². The first-order valence-electron chi connectivity index (χ1n) is 6.46. The summed E-state index contributed by atoms with van der Waals surface area (Å²) < 4.78 is 28.2. The highest BCUT2D eigenvalue weighted by molar-refractivity contribution is 5.85. The monoisotopic (exact) mass is 286 g/mol. The summed E-state index contributed by atoms with van der Waals surface area (Å²) in [4.78, 5) is 11.9. The molecular formula is C14H20F2N2O2. The Morgan fingerprint density at radius 2 is 2.00 bits per heavy atom. The van der Waals surface area contributed by atoms with Gasteiger partial charge in [-0.15, -0.1) is 0 Å². The van der Waals surface area contributed by atoms with Crippen molar-refractivity contribution in [3.8, 4) is 5.75 Å². The topological polar surface area (TPSA) is 64.4 Å². The van der Waals surface area contributed by atoms with E-state index in [0.29, 0.717) is 13.0 Å². The smallest absolute Gasteiger partial charge is 0.387 e. The second-order valence-electron chi connectivity index (χ2n) is 4.87. The molecule has 0 aliphatic carbocycles. The predicted octanol–water partition coefficient (Wildman–Crippen LogP) is 2.42. The predicted molar refractivity (Wildman–Crippen MR) is 72.4 cm³/mol. The number of nitrogens with one attached hydrogen (secondary N) is 1. The number of benzene rings is 1. The molecule has 0 heterocycles. The van der Waals surface area contributed by atoms with E-state index in [-0.39, 0.29) is 11.7 Å². The van der Waals surface area contributed by atoms with Gasteiger partial charge in [0.2, 0.25) is 5.91 Å². The van der Waals surface area contributed by atoms with Crippen molar-refractivity contribution in [1.29, 1.82) is 0 Å². The normalized spacial score (nSPS) is 13.9. The van der Waals surface area contributed by atoms with Gasteiger partial charge in [0.05, 0.1) is 5.54 Å². The highest BCUT2D eigenvalue weighted by Crippen LogP contribution is 2.15. The lowest BCUT2D eigenvalue weighted by atomic mass is 9.96. The van der Waals surface area contributed by atoms with Crippen LogP contribution in [-0.2, 0) is 11.3 Å². The maximum absolute atomic E-state index is 12.0. The Kier molecular flexibility index (Phi) is 5.88. The van der Waals surface area contributed by atoms with E-state index in [9.17, 15) is 13.6 Å². The number of alkyl halides is 2. The van der Waals surface area contributed by atoms with E-state index in [1.54, 1.807) is 19.1 Å². The summed E-state index contributed by atoms with van der Waals surface area (Å²) in [5, 5.41) is 2.73. The molecule has 0 fully saturated rings. The fourth-order valence-electron chi connectivity index (χ4n) is 1.81. The van der Waals surface area contributed by atoms with E-state index in [4.69, 9.17) is 5.73 Å². The molecule has 1 aromatic carbocycles. The molecule has 1 amide bonds. The number of amides is 1. The molecule has 6 heteroatoms. The number of hydrogen-bond donors (Lipinski definition) is 2. The van der Waals surface area contributed by atoms with Gasteiger partial charge in [-0.3, -0.25) is 4.79 Å². The maximum atomic E-state index is 12.0. The van der Waals surface area contributed by atoms with E-state index in [0.717, 1.165) is 12.0 Å². The molecular weight excluding hydrogens is 266 g/mol. The van der Waals surface area contributed by atoms with Crippen molar-refractivity contribution in [3.05, 3.63) is 29.8 Å². The number of hydrogen-bond acceptors (Lipinski definition) is 3. The van der Waals surface area contributed by atoms with Gasteiger partial charge in [-0.1, -0.05) is 25.5 Å². The van der Waals surface area contributed by atoms with Crippen molar-refractivity contribution < 1.29 is 18.3 Å². The second-order valence-corrected chi connectivity index (χ2v) is 4.87. The van der Waals surface area contributed by atoms with Gasteiger partial charge in [0.1, 0.15) is 5.75 Å². The quantitative estimate of drug-likeness (QED) is 0.809. The lowest BCUT2D eigenvalue weighted by molar-refractivity contribution is -0.126. The molecule has 0 saturated heterocycles. The van der Waals surface area contributed by atoms with Crippen LogP contribution in [0.3, 0.4) is 0 Å². The average molecular weight is 286 g/mol. The van der Waals surface area contributed by atoms with E-state index < -0.39 is 12.2 Å². The molecule has 1 aromatic rings. The number of rotatable bonds is 7. The van der Waals surface area contributed by atoms with Crippen molar-refractivity contribution in [2.75, 3.05) is 0 Å². The number of ether oxygens (including phenoxy) is 1. The average Bonchev–Trinajstić information content (AvgIpc) is 2.36. The molecule has 0 aliphatic heterocycles. The Balaban J connectivity index is 2.51. The lowest BCUT2D eigenvalue weighted by Crippen LogP contribution is -2.51. The molecule has 0 spiro atoms. The molecule has 20 heavy (non-hydrogen) atoms. The van der Waals surface area contributed by atoms with Crippen LogP contribution in [0, 0.1) is 0 Å². The molecule has 0 aromatic heterocycles. The van der Waals surface area contributed by atoms with E-state index >= 15 is 0 Å². The van der Waals surface area contributed by atoms with Crippen LogP contribution in [0.4, 0.5) is 8.78 Å². The Labute approximate surface area is 117 Å². The third-order valence-corrected chi connectivity index (χ3v) is 2.89. The van der Waals surface area contributed by atoms with Gasteiger partial charge in [-0.05, 0) is 31.0 Å². The van der Waals surface area contributed by atoms with Gasteiger partial charge in [-0.25, -0.2) is 0 Å². The molecule has 4 nitrogen and oxygen atoms in total. The molecule has 112 valence electrons. The van der Waals surface area contributed by atoms with Crippen molar-refractivity contribution in [1.82, 2.24) is 5.32 Å². The van der Waals surface area contributed by atoms with Crippen LogP contribution in [0.1, 0.15) is 32.3 Å². The molecule has 1 rings (SSSR count). The van der Waals surface area contributed by atoms with Crippen LogP contribution in [0.15, 0.2) is 24.3 Å². The van der Waals surface area contributed by atoms with Crippen LogP contribution in [0.2, 0.25) is 0 Å². The summed E-state index contributed by atoms with van der Waals surface area (Å²) in [5.74, 6) is -0.142. The van der Waals surface area contributed by atoms with E-state index in [1.807, 2.05) is 6.92 Å². The van der Waals surface area contributed by atoms with Crippen LogP contribution in [0.5, 0.6) is 5.75 Å². The Morgan fingerprint density at radius 1 is 1.40 bits per heavy atom. The Morgan fingerprint density at radius 3 is 2.50 bits per heavy atom. The minimum atomic E-state index is -2.84. The van der Waals surface area contributed by atoms with Crippen molar-refractivity contribution >= 4 is 5.91 Å². The lowest BCUT2D eigenvalue weighted by Gasteiger charge is -2.22. The molecule has 1 unspecified atom stereocenters. The highest BCUT2D eigenvalue weighted by atomic mass is 19.3. The zero-order valence-electron chi connectivity index (χ0n) is 11.7. The number of carbonyl (C=O) groups excluding carboxylic acids is 1. The van der Waals surface area contributed by atoms with Crippen LogP contribution < -0.4 is 15.8 Å². The highest BCUT2D eigenvalue weighted by Gasteiger charge is 2.26. The van der Waals surface area contributed by atoms with Gasteiger partial charge >= 0.3 is 6.61 Å². The summed E-state index contributed by atoms with van der Waals surface area (Å²) in [7, 11) is 0. The van der Waals surface area contributed by atoms with E-state index in [1.165, 1.54) is 12.1 Å². The first-order chi connectivity index (χ1) is 9.35. The summed E-state index contributed by atoms with van der Waals surface area (Å²) in [6.45, 7) is 1.10. The standard InChI is InChI=1S/C14H20F2N2O2/c1-3-8-14(2,17)12(19)18-9-10-4-6-11(7-5-10)20-13(15)16/h4-7,13H,3,8-9,17H2,1-2H3,(H,18,19). The van der Waals surface area contributed by atoms with Crippen molar-refractivity contribution in [2.45, 2.75) is 45.4 Å². The number of carbonyl (C=O) groups is 1. The molecule has 0 bridgehead atoms. The van der Waals surface area contributed by atoms with Crippen molar-refractivity contribution in [3.63, 3.8) is 0 Å². The van der Waals surface area contributed by atoms with Gasteiger partial charge in [0.25, 0.3) is 0 Å². The Hall–Kier alpha value is -1.69. The van der Waals surface area contributed by atoms with Crippen LogP contribution >= 0.6 is 0 Å². The number of nitrogens with two attached hydrogens (primary N) is 1. The largest absolute Gasteiger partial charge is 0.435 e. The summed E-state index contributed by atoms with van der Waals surface area (Å²) in [6, 6.07) is 6.10. The summed E-state index contributed by atoms with van der Waals surface area (Å²) in [6.07, 6.45) is 1.42. The Bertz CT molecular complexity index is 433. The van der Waals surface area contributed by atoms with Crippen molar-refractivity contribution in [2.24, 2.45) is 5.73 Å². The molecule has 0 radical (unpaired) electrons.